The van der Waals surface area contributed by atoms with Crippen molar-refractivity contribution in [1.82, 2.24) is 19.7 Å². The molecule has 0 atom stereocenters. The first-order valence-electron chi connectivity index (χ1n) is 9.04. The molecular formula is C19H23N5O. The molecule has 0 unspecified atom stereocenters. The molecule has 0 radical (unpaired) electrons. The van der Waals surface area contributed by atoms with E-state index >= 15 is 0 Å². The van der Waals surface area contributed by atoms with Crippen LogP contribution in [0.1, 0.15) is 39.0 Å². The molecule has 6 heteroatoms. The summed E-state index contributed by atoms with van der Waals surface area (Å²) >= 11 is 0. The van der Waals surface area contributed by atoms with Crippen LogP contribution >= 0.6 is 0 Å². The normalized spacial score (nSPS) is 20.7. The third kappa shape index (κ3) is 3.16. The highest BCUT2D eigenvalue weighted by atomic mass is 16.1. The zero-order valence-electron chi connectivity index (χ0n) is 14.4. The number of fused-ring (bicyclic) bond motifs is 1. The maximum absolute atomic E-state index is 12.4. The molecule has 25 heavy (non-hydrogen) atoms. The van der Waals surface area contributed by atoms with E-state index in [4.69, 9.17) is 0 Å². The summed E-state index contributed by atoms with van der Waals surface area (Å²) in [5.74, 6) is 1.38. The first kappa shape index (κ1) is 15.9. The number of para-hydroxylation sites is 1. The van der Waals surface area contributed by atoms with E-state index in [9.17, 15) is 4.79 Å². The number of nitrogens with one attached hydrogen (secondary N) is 2. The first-order chi connectivity index (χ1) is 12.2. The average molecular weight is 337 g/mol. The van der Waals surface area contributed by atoms with Crippen LogP contribution < -0.4 is 10.9 Å². The smallest absolute Gasteiger partial charge is 0.263 e. The lowest BCUT2D eigenvalue weighted by Gasteiger charge is -2.28. The van der Waals surface area contributed by atoms with Gasteiger partial charge >= 0.3 is 0 Å². The monoisotopic (exact) mass is 337 g/mol. The Morgan fingerprint density at radius 3 is 2.68 bits per heavy atom. The molecule has 130 valence electrons. The van der Waals surface area contributed by atoms with Crippen LogP contribution in [0.2, 0.25) is 0 Å². The van der Waals surface area contributed by atoms with Crippen LogP contribution in [0.4, 0.5) is 5.95 Å². The Labute approximate surface area is 146 Å². The van der Waals surface area contributed by atoms with Crippen molar-refractivity contribution in [3.8, 4) is 5.69 Å². The van der Waals surface area contributed by atoms with E-state index in [-0.39, 0.29) is 5.56 Å². The summed E-state index contributed by atoms with van der Waals surface area (Å²) in [5.41, 5.74) is 1.32. The highest BCUT2D eigenvalue weighted by Crippen LogP contribution is 2.28. The van der Waals surface area contributed by atoms with Gasteiger partial charge in [0, 0.05) is 6.04 Å². The van der Waals surface area contributed by atoms with Gasteiger partial charge in [-0.25, -0.2) is 4.68 Å². The van der Waals surface area contributed by atoms with Crippen molar-refractivity contribution >= 4 is 17.0 Å². The van der Waals surface area contributed by atoms with E-state index < -0.39 is 0 Å². The number of hydrogen-bond acceptors (Lipinski definition) is 4. The van der Waals surface area contributed by atoms with Gasteiger partial charge in [0.15, 0.2) is 5.65 Å². The van der Waals surface area contributed by atoms with E-state index in [0.717, 1.165) is 24.4 Å². The minimum Gasteiger partial charge on any atom is -0.353 e. The standard InChI is InChI=1S/C19H23N5O/c1-2-13-8-10-14(11-9-13)21-19-22-17-16(18(25)23-19)12-20-24(17)15-6-4-3-5-7-15/h3-7,12-14H,2,8-11H2,1H3,(H2,21,22,23,25). The Hall–Kier alpha value is -2.63. The molecule has 0 spiro atoms. The van der Waals surface area contributed by atoms with Gasteiger partial charge in [0.1, 0.15) is 5.39 Å². The van der Waals surface area contributed by atoms with Crippen molar-refractivity contribution in [2.45, 2.75) is 45.1 Å². The Kier molecular flexibility index (Phi) is 4.26. The van der Waals surface area contributed by atoms with Gasteiger partial charge in [0.25, 0.3) is 5.56 Å². The largest absolute Gasteiger partial charge is 0.353 e. The van der Waals surface area contributed by atoms with Gasteiger partial charge in [0.2, 0.25) is 5.95 Å². The van der Waals surface area contributed by atoms with Gasteiger partial charge in [-0.05, 0) is 43.7 Å². The van der Waals surface area contributed by atoms with Crippen LogP contribution in [-0.4, -0.2) is 25.8 Å². The van der Waals surface area contributed by atoms with E-state index in [1.807, 2.05) is 30.3 Å². The second kappa shape index (κ2) is 6.70. The number of benzene rings is 1. The van der Waals surface area contributed by atoms with Crippen LogP contribution in [0.25, 0.3) is 16.7 Å². The lowest BCUT2D eigenvalue weighted by atomic mass is 9.85. The minimum absolute atomic E-state index is 0.156. The van der Waals surface area contributed by atoms with E-state index in [1.165, 1.54) is 19.3 Å². The maximum atomic E-state index is 12.4. The second-order valence-electron chi connectivity index (χ2n) is 6.81. The van der Waals surface area contributed by atoms with Gasteiger partial charge in [-0.15, -0.1) is 0 Å². The number of nitrogens with zero attached hydrogens (tertiary/aromatic N) is 3. The van der Waals surface area contributed by atoms with E-state index in [1.54, 1.807) is 10.9 Å². The zero-order valence-corrected chi connectivity index (χ0v) is 14.4. The van der Waals surface area contributed by atoms with Crippen molar-refractivity contribution in [3.63, 3.8) is 0 Å². The fourth-order valence-corrected chi connectivity index (χ4v) is 3.65. The maximum Gasteiger partial charge on any atom is 0.263 e. The molecule has 2 N–H and O–H groups in total. The Morgan fingerprint density at radius 1 is 1.20 bits per heavy atom. The van der Waals surface area contributed by atoms with Crippen molar-refractivity contribution < 1.29 is 0 Å². The quantitative estimate of drug-likeness (QED) is 0.764. The number of aromatic nitrogens is 4. The molecule has 2 heterocycles. The van der Waals surface area contributed by atoms with E-state index in [0.29, 0.717) is 23.0 Å². The molecule has 1 aliphatic carbocycles. The summed E-state index contributed by atoms with van der Waals surface area (Å²) in [6, 6.07) is 10.1. The summed E-state index contributed by atoms with van der Waals surface area (Å²) in [6.45, 7) is 2.26. The highest BCUT2D eigenvalue weighted by molar-refractivity contribution is 5.76. The van der Waals surface area contributed by atoms with Crippen molar-refractivity contribution in [2.24, 2.45) is 5.92 Å². The summed E-state index contributed by atoms with van der Waals surface area (Å²) in [4.78, 5) is 19.9. The molecule has 1 aliphatic rings. The van der Waals surface area contributed by atoms with Gasteiger partial charge in [-0.2, -0.15) is 10.1 Å². The molecule has 2 aromatic heterocycles. The summed E-state index contributed by atoms with van der Waals surface area (Å²) in [6.07, 6.45) is 7.55. The second-order valence-corrected chi connectivity index (χ2v) is 6.81. The third-order valence-corrected chi connectivity index (χ3v) is 5.20. The molecule has 4 rings (SSSR count). The summed E-state index contributed by atoms with van der Waals surface area (Å²) < 4.78 is 1.71. The van der Waals surface area contributed by atoms with Crippen LogP contribution in [0.15, 0.2) is 41.3 Å². The number of aromatic amines is 1. The molecular weight excluding hydrogens is 314 g/mol. The lowest BCUT2D eigenvalue weighted by Crippen LogP contribution is -2.28. The topological polar surface area (TPSA) is 75.6 Å². The fourth-order valence-electron chi connectivity index (χ4n) is 3.65. The number of rotatable bonds is 4. The molecule has 6 nitrogen and oxygen atoms in total. The minimum atomic E-state index is -0.156. The number of anilines is 1. The van der Waals surface area contributed by atoms with Gasteiger partial charge in [-0.3, -0.25) is 9.78 Å². The Bertz CT molecular complexity index is 906. The fraction of sp³-hybridized carbons (Fsp3) is 0.421. The van der Waals surface area contributed by atoms with Crippen LogP contribution in [0.5, 0.6) is 0 Å². The van der Waals surface area contributed by atoms with Gasteiger partial charge < -0.3 is 5.32 Å². The number of H-pyrrole nitrogens is 1. The third-order valence-electron chi connectivity index (χ3n) is 5.20. The summed E-state index contributed by atoms with van der Waals surface area (Å²) in [5, 5.41) is 8.26. The first-order valence-corrected chi connectivity index (χ1v) is 9.04. The lowest BCUT2D eigenvalue weighted by molar-refractivity contribution is 0.329. The summed E-state index contributed by atoms with van der Waals surface area (Å²) in [7, 11) is 0. The highest BCUT2D eigenvalue weighted by Gasteiger charge is 2.21. The average Bonchev–Trinajstić information content (AvgIpc) is 3.07. The SMILES string of the molecule is CCC1CCC(Nc2nc3c(cnn3-c3ccccc3)c(=O)[nH]2)CC1. The molecule has 3 aromatic rings. The van der Waals surface area contributed by atoms with Gasteiger partial charge in [-0.1, -0.05) is 31.5 Å². The number of hydrogen-bond donors (Lipinski definition) is 2. The van der Waals surface area contributed by atoms with Crippen molar-refractivity contribution in [1.29, 1.82) is 0 Å². The molecule has 1 fully saturated rings. The predicted molar refractivity (Wildman–Crippen MR) is 99.1 cm³/mol. The van der Waals surface area contributed by atoms with Crippen LogP contribution in [0.3, 0.4) is 0 Å². The molecule has 0 amide bonds. The van der Waals surface area contributed by atoms with Crippen molar-refractivity contribution in [3.05, 3.63) is 46.9 Å². The Balaban J connectivity index is 1.64. The zero-order chi connectivity index (χ0) is 17.2. The van der Waals surface area contributed by atoms with Gasteiger partial charge in [0.05, 0.1) is 11.9 Å². The van der Waals surface area contributed by atoms with E-state index in [2.05, 4.69) is 27.3 Å². The molecule has 0 bridgehead atoms. The van der Waals surface area contributed by atoms with Crippen LogP contribution in [-0.2, 0) is 0 Å². The molecule has 0 saturated heterocycles. The van der Waals surface area contributed by atoms with Crippen LogP contribution in [0, 0.1) is 5.92 Å². The molecule has 0 aliphatic heterocycles. The predicted octanol–water partition coefficient (Wildman–Crippen LogP) is 3.49. The molecule has 1 saturated carbocycles. The molecule has 1 aromatic carbocycles. The Morgan fingerprint density at radius 2 is 1.96 bits per heavy atom. The van der Waals surface area contributed by atoms with Crippen molar-refractivity contribution in [2.75, 3.05) is 5.32 Å².